The predicted molar refractivity (Wildman–Crippen MR) is 91.4 cm³/mol. The van der Waals surface area contributed by atoms with Gasteiger partial charge in [-0.3, -0.25) is 0 Å². The van der Waals surface area contributed by atoms with Gasteiger partial charge in [-0.15, -0.1) is 0 Å². The minimum absolute atomic E-state index is 0.548. The Hall–Kier alpha value is -2.67. The summed E-state index contributed by atoms with van der Waals surface area (Å²) >= 11 is 0. The zero-order valence-corrected chi connectivity index (χ0v) is 14.1. The molecule has 0 radical (unpaired) electrons. The summed E-state index contributed by atoms with van der Waals surface area (Å²) in [6.07, 6.45) is 1.51. The lowest BCUT2D eigenvalue weighted by Gasteiger charge is -2.12. The summed E-state index contributed by atoms with van der Waals surface area (Å²) in [4.78, 5) is 8.54. The summed E-state index contributed by atoms with van der Waals surface area (Å²) in [6, 6.07) is 7.87. The van der Waals surface area contributed by atoms with Gasteiger partial charge in [-0.2, -0.15) is 14.6 Å². The Morgan fingerprint density at radius 1 is 1.25 bits per heavy atom. The van der Waals surface area contributed by atoms with Crippen LogP contribution < -0.4 is 10.1 Å². The van der Waals surface area contributed by atoms with Crippen molar-refractivity contribution in [3.05, 3.63) is 47.4 Å². The number of nitrogens with zero attached hydrogens (tertiary/aromatic N) is 4. The van der Waals surface area contributed by atoms with E-state index in [1.165, 1.54) is 6.33 Å². The smallest absolute Gasteiger partial charge is 0.254 e. The van der Waals surface area contributed by atoms with E-state index in [0.717, 1.165) is 28.4 Å². The van der Waals surface area contributed by atoms with E-state index in [0.29, 0.717) is 25.5 Å². The van der Waals surface area contributed by atoms with Crippen molar-refractivity contribution < 1.29 is 9.47 Å². The molecule has 2 heterocycles. The van der Waals surface area contributed by atoms with Crippen molar-refractivity contribution in [2.45, 2.75) is 20.5 Å². The van der Waals surface area contributed by atoms with Gasteiger partial charge in [0.15, 0.2) is 0 Å². The number of benzene rings is 1. The molecule has 0 saturated carbocycles. The standard InChI is InChI=1S/C17H21N5O2/c1-12-13(2)21-17-19-11-20-22(17)16(12)18-7-8-24-10-14-5-4-6-15(9-14)23-3/h4-6,9,11,18H,7-8,10H2,1-3H3. The summed E-state index contributed by atoms with van der Waals surface area (Å²) in [6.45, 7) is 5.78. The average molecular weight is 327 g/mol. The number of aryl methyl sites for hydroxylation is 1. The second-order valence-electron chi connectivity index (χ2n) is 5.47. The highest BCUT2D eigenvalue weighted by Gasteiger charge is 2.10. The molecule has 0 bridgehead atoms. The molecular weight excluding hydrogens is 306 g/mol. The maximum Gasteiger partial charge on any atom is 0.254 e. The van der Waals surface area contributed by atoms with Crippen molar-refractivity contribution in [3.8, 4) is 5.75 Å². The Morgan fingerprint density at radius 3 is 2.96 bits per heavy atom. The Bertz CT molecular complexity index is 831. The van der Waals surface area contributed by atoms with Crippen molar-refractivity contribution in [1.29, 1.82) is 0 Å². The largest absolute Gasteiger partial charge is 0.497 e. The normalized spacial score (nSPS) is 11.0. The molecule has 0 fully saturated rings. The number of aromatic nitrogens is 4. The number of fused-ring (bicyclic) bond motifs is 1. The molecule has 0 aliphatic heterocycles. The molecule has 0 saturated heterocycles. The van der Waals surface area contributed by atoms with Crippen LogP contribution >= 0.6 is 0 Å². The molecule has 1 N–H and O–H groups in total. The monoisotopic (exact) mass is 327 g/mol. The molecule has 3 rings (SSSR count). The molecule has 0 atom stereocenters. The third kappa shape index (κ3) is 3.46. The van der Waals surface area contributed by atoms with Crippen molar-refractivity contribution in [2.24, 2.45) is 0 Å². The molecule has 0 spiro atoms. The van der Waals surface area contributed by atoms with Gasteiger partial charge in [-0.1, -0.05) is 12.1 Å². The van der Waals surface area contributed by atoms with Gasteiger partial charge in [0.2, 0.25) is 0 Å². The van der Waals surface area contributed by atoms with Crippen LogP contribution in [0.2, 0.25) is 0 Å². The predicted octanol–water partition coefficient (Wildman–Crippen LogP) is 2.38. The van der Waals surface area contributed by atoms with Crippen LogP contribution in [0.1, 0.15) is 16.8 Å². The number of anilines is 1. The van der Waals surface area contributed by atoms with Crippen LogP contribution in [0.25, 0.3) is 5.78 Å². The first-order chi connectivity index (χ1) is 11.7. The third-order valence-corrected chi connectivity index (χ3v) is 3.85. The van der Waals surface area contributed by atoms with Gasteiger partial charge < -0.3 is 14.8 Å². The fourth-order valence-corrected chi connectivity index (χ4v) is 2.43. The number of methoxy groups -OCH3 is 1. The van der Waals surface area contributed by atoms with Crippen LogP contribution in [-0.2, 0) is 11.3 Å². The highest BCUT2D eigenvalue weighted by atomic mass is 16.5. The molecule has 126 valence electrons. The van der Waals surface area contributed by atoms with E-state index in [9.17, 15) is 0 Å². The zero-order chi connectivity index (χ0) is 16.9. The van der Waals surface area contributed by atoms with E-state index < -0.39 is 0 Å². The molecule has 0 unspecified atom stereocenters. The van der Waals surface area contributed by atoms with Crippen molar-refractivity contribution >= 4 is 11.6 Å². The summed E-state index contributed by atoms with van der Waals surface area (Å²) in [5.74, 6) is 2.34. The van der Waals surface area contributed by atoms with Crippen molar-refractivity contribution in [2.75, 3.05) is 25.6 Å². The lowest BCUT2D eigenvalue weighted by atomic mass is 10.2. The van der Waals surface area contributed by atoms with Crippen LogP contribution in [0.5, 0.6) is 5.75 Å². The highest BCUT2D eigenvalue weighted by Crippen LogP contribution is 2.17. The summed E-state index contributed by atoms with van der Waals surface area (Å²) in [7, 11) is 1.66. The lowest BCUT2D eigenvalue weighted by Crippen LogP contribution is -2.14. The Labute approximate surface area is 140 Å². The molecule has 0 amide bonds. The number of nitrogens with one attached hydrogen (secondary N) is 1. The Balaban J connectivity index is 1.55. The lowest BCUT2D eigenvalue weighted by molar-refractivity contribution is 0.130. The summed E-state index contributed by atoms with van der Waals surface area (Å²) in [5, 5.41) is 7.57. The van der Waals surface area contributed by atoms with Crippen LogP contribution in [0, 0.1) is 13.8 Å². The highest BCUT2D eigenvalue weighted by molar-refractivity contribution is 5.51. The van der Waals surface area contributed by atoms with Crippen molar-refractivity contribution in [1.82, 2.24) is 19.6 Å². The van der Waals surface area contributed by atoms with Gasteiger partial charge in [-0.25, -0.2) is 4.98 Å². The first-order valence-corrected chi connectivity index (χ1v) is 7.80. The molecule has 7 heteroatoms. The molecule has 0 aliphatic carbocycles. The number of hydrogen-bond donors (Lipinski definition) is 1. The topological polar surface area (TPSA) is 73.6 Å². The first-order valence-electron chi connectivity index (χ1n) is 7.80. The number of hydrogen-bond acceptors (Lipinski definition) is 6. The molecule has 24 heavy (non-hydrogen) atoms. The SMILES string of the molecule is COc1cccc(COCCNc2c(C)c(C)nc3ncnn23)c1. The van der Waals surface area contributed by atoms with Gasteiger partial charge >= 0.3 is 0 Å². The molecule has 2 aromatic heterocycles. The van der Waals surface area contributed by atoms with Crippen LogP contribution in [0.15, 0.2) is 30.6 Å². The maximum atomic E-state index is 5.73. The van der Waals surface area contributed by atoms with Gasteiger partial charge in [0, 0.05) is 17.8 Å². The van der Waals surface area contributed by atoms with Gasteiger partial charge in [0.05, 0.1) is 20.3 Å². The molecule has 7 nitrogen and oxygen atoms in total. The zero-order valence-electron chi connectivity index (χ0n) is 14.1. The van der Waals surface area contributed by atoms with Crippen LogP contribution in [0.4, 0.5) is 5.82 Å². The average Bonchev–Trinajstić information content (AvgIpc) is 3.05. The van der Waals surface area contributed by atoms with Gasteiger partial charge in [0.1, 0.15) is 17.9 Å². The Morgan fingerprint density at radius 2 is 2.12 bits per heavy atom. The van der Waals surface area contributed by atoms with E-state index in [1.54, 1.807) is 11.6 Å². The number of ether oxygens (including phenoxy) is 2. The second-order valence-corrected chi connectivity index (χ2v) is 5.47. The molecule has 1 aromatic carbocycles. The van der Waals surface area contributed by atoms with E-state index in [2.05, 4.69) is 20.4 Å². The van der Waals surface area contributed by atoms with Gasteiger partial charge in [0.25, 0.3) is 5.78 Å². The van der Waals surface area contributed by atoms with Crippen LogP contribution in [-0.4, -0.2) is 39.8 Å². The quantitative estimate of drug-likeness (QED) is 0.672. The third-order valence-electron chi connectivity index (χ3n) is 3.85. The Kier molecular flexibility index (Phi) is 4.90. The minimum atomic E-state index is 0.548. The van der Waals surface area contributed by atoms with Gasteiger partial charge in [-0.05, 0) is 31.5 Å². The molecule has 3 aromatic rings. The number of rotatable bonds is 7. The fourth-order valence-electron chi connectivity index (χ4n) is 2.43. The van der Waals surface area contributed by atoms with E-state index in [1.807, 2.05) is 38.1 Å². The van der Waals surface area contributed by atoms with E-state index >= 15 is 0 Å². The van der Waals surface area contributed by atoms with Crippen LogP contribution in [0.3, 0.4) is 0 Å². The van der Waals surface area contributed by atoms with E-state index in [-0.39, 0.29) is 0 Å². The maximum absolute atomic E-state index is 5.73. The molecule has 0 aliphatic rings. The summed E-state index contributed by atoms with van der Waals surface area (Å²) in [5.41, 5.74) is 3.08. The fraction of sp³-hybridized carbons (Fsp3) is 0.353. The van der Waals surface area contributed by atoms with Crippen molar-refractivity contribution in [3.63, 3.8) is 0 Å². The van der Waals surface area contributed by atoms with E-state index in [4.69, 9.17) is 9.47 Å². The minimum Gasteiger partial charge on any atom is -0.497 e. The molecular formula is C17H21N5O2. The summed E-state index contributed by atoms with van der Waals surface area (Å²) < 4.78 is 12.6. The first kappa shape index (κ1) is 16.2. The second kappa shape index (κ2) is 7.27.